The number of para-hydroxylation sites is 1. The lowest BCUT2D eigenvalue weighted by atomic mass is 9.96. The Balaban J connectivity index is 3.08. The molecule has 0 radical (unpaired) electrons. The largest absolute Gasteiger partial charge is 0.389 e. The number of rotatable bonds is 5. The van der Waals surface area contributed by atoms with Gasteiger partial charge in [-0.2, -0.15) is 0 Å². The van der Waals surface area contributed by atoms with Crippen LogP contribution in [0.15, 0.2) is 18.2 Å². The number of anilines is 1. The zero-order valence-corrected chi connectivity index (χ0v) is 11.9. The van der Waals surface area contributed by atoms with Gasteiger partial charge < -0.3 is 11.1 Å². The third kappa shape index (κ3) is 3.70. The van der Waals surface area contributed by atoms with Gasteiger partial charge in [0.05, 0.1) is 0 Å². The van der Waals surface area contributed by atoms with Crippen LogP contribution in [0.1, 0.15) is 44.7 Å². The lowest BCUT2D eigenvalue weighted by Gasteiger charge is -2.29. The smallest absolute Gasteiger partial charge is 0.106 e. The second-order valence-electron chi connectivity index (χ2n) is 5.12. The molecule has 0 saturated heterocycles. The van der Waals surface area contributed by atoms with Crippen molar-refractivity contribution in [3.63, 3.8) is 0 Å². The van der Waals surface area contributed by atoms with E-state index in [1.54, 1.807) is 0 Å². The molecule has 1 aromatic carbocycles. The Hall–Kier alpha value is -1.09. The number of nitrogens with one attached hydrogen (secondary N) is 1. The van der Waals surface area contributed by atoms with Crippen molar-refractivity contribution in [1.82, 2.24) is 0 Å². The summed E-state index contributed by atoms with van der Waals surface area (Å²) in [7, 11) is 0. The summed E-state index contributed by atoms with van der Waals surface area (Å²) < 4.78 is 0. The average Bonchev–Trinajstić information content (AvgIpc) is 2.20. The fourth-order valence-electron chi connectivity index (χ4n) is 2.06. The molecule has 0 bridgehead atoms. The van der Waals surface area contributed by atoms with E-state index >= 15 is 0 Å². The Morgan fingerprint density at radius 1 is 1.41 bits per heavy atom. The molecular formula is C14H22N2S. The molecule has 0 aromatic heterocycles. The van der Waals surface area contributed by atoms with E-state index in [9.17, 15) is 0 Å². The molecule has 0 aliphatic carbocycles. The maximum atomic E-state index is 5.77. The lowest BCUT2D eigenvalue weighted by molar-refractivity contribution is 0.510. The van der Waals surface area contributed by atoms with Gasteiger partial charge in [-0.3, -0.25) is 0 Å². The van der Waals surface area contributed by atoms with Crippen molar-refractivity contribution in [1.29, 1.82) is 0 Å². The second kappa shape index (κ2) is 5.50. The molecule has 1 rings (SSSR count). The Morgan fingerprint density at radius 2 is 2.06 bits per heavy atom. The summed E-state index contributed by atoms with van der Waals surface area (Å²) in [5.74, 6) is 0. The molecule has 3 heteroatoms. The Labute approximate surface area is 110 Å². The maximum absolute atomic E-state index is 5.77. The van der Waals surface area contributed by atoms with Gasteiger partial charge in [0.2, 0.25) is 0 Å². The van der Waals surface area contributed by atoms with E-state index in [1.165, 1.54) is 5.56 Å². The van der Waals surface area contributed by atoms with Gasteiger partial charge in [0.25, 0.3) is 0 Å². The van der Waals surface area contributed by atoms with Crippen LogP contribution in [0.2, 0.25) is 0 Å². The molecular weight excluding hydrogens is 228 g/mol. The van der Waals surface area contributed by atoms with Crippen LogP contribution in [0.25, 0.3) is 0 Å². The van der Waals surface area contributed by atoms with Crippen molar-refractivity contribution in [2.45, 2.75) is 46.1 Å². The molecule has 17 heavy (non-hydrogen) atoms. The molecule has 0 heterocycles. The van der Waals surface area contributed by atoms with Crippen LogP contribution in [0.3, 0.4) is 0 Å². The first-order valence-electron chi connectivity index (χ1n) is 6.05. The first-order chi connectivity index (χ1) is 7.87. The van der Waals surface area contributed by atoms with E-state index in [2.05, 4.69) is 39.1 Å². The molecule has 0 fully saturated rings. The van der Waals surface area contributed by atoms with Crippen LogP contribution in [0, 0.1) is 6.92 Å². The summed E-state index contributed by atoms with van der Waals surface area (Å²) in [5.41, 5.74) is 9.01. The van der Waals surface area contributed by atoms with Crippen LogP contribution < -0.4 is 11.1 Å². The van der Waals surface area contributed by atoms with Crippen LogP contribution in [-0.4, -0.2) is 10.5 Å². The third-order valence-electron chi connectivity index (χ3n) is 2.88. The summed E-state index contributed by atoms with van der Waals surface area (Å²) in [6.45, 7) is 8.67. The molecule has 2 nitrogen and oxygen atoms in total. The van der Waals surface area contributed by atoms with Crippen molar-refractivity contribution < 1.29 is 0 Å². The molecule has 0 saturated carbocycles. The van der Waals surface area contributed by atoms with Crippen molar-refractivity contribution in [3.8, 4) is 0 Å². The summed E-state index contributed by atoms with van der Waals surface area (Å²) in [6, 6.07) is 6.04. The maximum Gasteiger partial charge on any atom is 0.106 e. The van der Waals surface area contributed by atoms with Gasteiger partial charge in [-0.25, -0.2) is 0 Å². The zero-order chi connectivity index (χ0) is 13.1. The van der Waals surface area contributed by atoms with Gasteiger partial charge in [-0.1, -0.05) is 37.7 Å². The molecule has 0 spiro atoms. The molecule has 0 atom stereocenters. The zero-order valence-electron chi connectivity index (χ0n) is 11.1. The molecule has 0 unspecified atom stereocenters. The summed E-state index contributed by atoms with van der Waals surface area (Å²) in [6.07, 6.45) is 2.26. The number of thiocarbonyl (C=S) groups is 1. The Bertz CT molecular complexity index is 411. The van der Waals surface area contributed by atoms with Crippen LogP contribution in [-0.2, 0) is 0 Å². The average molecular weight is 250 g/mol. The predicted octanol–water partition coefficient (Wildman–Crippen LogP) is 3.62. The van der Waals surface area contributed by atoms with Crippen LogP contribution >= 0.6 is 12.2 Å². The topological polar surface area (TPSA) is 38.0 Å². The van der Waals surface area contributed by atoms with Gasteiger partial charge in [-0.05, 0) is 38.8 Å². The van der Waals surface area contributed by atoms with Gasteiger partial charge in [0, 0.05) is 16.8 Å². The minimum atomic E-state index is 0.0559. The van der Waals surface area contributed by atoms with Crippen LogP contribution in [0.4, 0.5) is 5.69 Å². The number of hydrogen-bond donors (Lipinski definition) is 2. The summed E-state index contributed by atoms with van der Waals surface area (Å²) in [5, 5.41) is 3.57. The highest BCUT2D eigenvalue weighted by Gasteiger charge is 2.19. The second-order valence-corrected chi connectivity index (χ2v) is 5.56. The van der Waals surface area contributed by atoms with E-state index in [-0.39, 0.29) is 5.54 Å². The number of nitrogens with two attached hydrogens (primary N) is 1. The highest BCUT2D eigenvalue weighted by atomic mass is 32.1. The lowest BCUT2D eigenvalue weighted by Crippen LogP contribution is -2.32. The predicted molar refractivity (Wildman–Crippen MR) is 79.7 cm³/mol. The van der Waals surface area contributed by atoms with Crippen molar-refractivity contribution in [3.05, 3.63) is 29.3 Å². The monoisotopic (exact) mass is 250 g/mol. The van der Waals surface area contributed by atoms with E-state index in [4.69, 9.17) is 18.0 Å². The molecule has 0 amide bonds. The molecule has 0 aliphatic heterocycles. The first kappa shape index (κ1) is 14.0. The highest BCUT2D eigenvalue weighted by molar-refractivity contribution is 7.80. The summed E-state index contributed by atoms with van der Waals surface area (Å²) >= 11 is 5.10. The molecule has 1 aromatic rings. The van der Waals surface area contributed by atoms with Crippen molar-refractivity contribution in [2.24, 2.45) is 5.73 Å². The quantitative estimate of drug-likeness (QED) is 0.784. The SMILES string of the molecule is CCCC(C)(C)Nc1c(C)cccc1C(N)=S. The third-order valence-corrected chi connectivity index (χ3v) is 3.10. The van der Waals surface area contributed by atoms with E-state index in [0.717, 1.165) is 24.1 Å². The standard InChI is InChI=1S/C14H22N2S/c1-5-9-14(3,4)16-12-10(2)7-6-8-11(12)13(15)17/h6-8,16H,5,9H2,1-4H3,(H2,15,17). The molecule has 94 valence electrons. The van der Waals surface area contributed by atoms with Gasteiger partial charge in [0.1, 0.15) is 4.99 Å². The van der Waals surface area contributed by atoms with E-state index in [0.29, 0.717) is 4.99 Å². The summed E-state index contributed by atoms with van der Waals surface area (Å²) in [4.78, 5) is 0.448. The fraction of sp³-hybridized carbons (Fsp3) is 0.500. The first-order valence-corrected chi connectivity index (χ1v) is 6.46. The van der Waals surface area contributed by atoms with Gasteiger partial charge in [0.15, 0.2) is 0 Å². The van der Waals surface area contributed by atoms with E-state index < -0.39 is 0 Å². The van der Waals surface area contributed by atoms with Gasteiger partial charge >= 0.3 is 0 Å². The Kier molecular flexibility index (Phi) is 4.52. The normalized spacial score (nSPS) is 11.3. The molecule has 3 N–H and O–H groups in total. The molecule has 0 aliphatic rings. The van der Waals surface area contributed by atoms with Gasteiger partial charge in [-0.15, -0.1) is 0 Å². The minimum absolute atomic E-state index is 0.0559. The van der Waals surface area contributed by atoms with E-state index in [1.807, 2.05) is 12.1 Å². The highest BCUT2D eigenvalue weighted by Crippen LogP contribution is 2.26. The number of aryl methyl sites for hydroxylation is 1. The number of hydrogen-bond acceptors (Lipinski definition) is 2. The van der Waals surface area contributed by atoms with Crippen molar-refractivity contribution >= 4 is 22.9 Å². The number of benzene rings is 1. The fourth-order valence-corrected chi connectivity index (χ4v) is 2.24. The van der Waals surface area contributed by atoms with Crippen molar-refractivity contribution in [2.75, 3.05) is 5.32 Å². The minimum Gasteiger partial charge on any atom is -0.389 e. The van der Waals surface area contributed by atoms with Crippen LogP contribution in [0.5, 0.6) is 0 Å². The Morgan fingerprint density at radius 3 is 2.59 bits per heavy atom.